The van der Waals surface area contributed by atoms with Crippen molar-refractivity contribution in [1.29, 1.82) is 0 Å². The van der Waals surface area contributed by atoms with Gasteiger partial charge in [0.25, 0.3) is 0 Å². The van der Waals surface area contributed by atoms with Crippen molar-refractivity contribution in [2.45, 2.75) is 25.0 Å². The van der Waals surface area contributed by atoms with Crippen LogP contribution in [0.5, 0.6) is 0 Å². The fourth-order valence-electron chi connectivity index (χ4n) is 1.31. The molecule has 3 N–H and O–H groups in total. The summed E-state index contributed by atoms with van der Waals surface area (Å²) in [5, 5.41) is 9.58. The molecule has 76 valence electrons. The molecule has 1 aromatic carbocycles. The molecule has 2 nitrogen and oxygen atoms in total. The third-order valence-electron chi connectivity index (χ3n) is 2.29. The SMILES string of the molecule is C=CC(N)[C@@H](O)CCc1ccccc1. The average Bonchev–Trinajstić information content (AvgIpc) is 2.26. The Morgan fingerprint density at radius 3 is 2.57 bits per heavy atom. The lowest BCUT2D eigenvalue weighted by atomic mass is 10.0. The first kappa shape index (κ1) is 11.0. The van der Waals surface area contributed by atoms with Crippen LogP contribution >= 0.6 is 0 Å². The van der Waals surface area contributed by atoms with Crippen molar-refractivity contribution in [2.75, 3.05) is 0 Å². The Labute approximate surface area is 85.1 Å². The maximum Gasteiger partial charge on any atom is 0.0729 e. The molecule has 0 amide bonds. The highest BCUT2D eigenvalue weighted by Crippen LogP contribution is 2.06. The molecule has 0 aliphatic rings. The predicted molar refractivity (Wildman–Crippen MR) is 58.9 cm³/mol. The minimum atomic E-state index is -0.493. The second kappa shape index (κ2) is 5.58. The number of rotatable bonds is 5. The molecule has 0 aliphatic carbocycles. The smallest absolute Gasteiger partial charge is 0.0729 e. The summed E-state index contributed by atoms with van der Waals surface area (Å²) in [5.74, 6) is 0. The summed E-state index contributed by atoms with van der Waals surface area (Å²) in [6, 6.07) is 9.75. The van der Waals surface area contributed by atoms with E-state index >= 15 is 0 Å². The molecule has 1 unspecified atom stereocenters. The Balaban J connectivity index is 2.37. The van der Waals surface area contributed by atoms with Gasteiger partial charge >= 0.3 is 0 Å². The molecule has 0 heterocycles. The van der Waals surface area contributed by atoms with Gasteiger partial charge in [-0.25, -0.2) is 0 Å². The van der Waals surface area contributed by atoms with Crippen molar-refractivity contribution >= 4 is 0 Å². The van der Waals surface area contributed by atoms with Crippen molar-refractivity contribution in [1.82, 2.24) is 0 Å². The summed E-state index contributed by atoms with van der Waals surface area (Å²) in [5.41, 5.74) is 6.84. The number of hydrogen-bond donors (Lipinski definition) is 2. The number of aliphatic hydroxyl groups is 1. The molecule has 14 heavy (non-hydrogen) atoms. The summed E-state index contributed by atoms with van der Waals surface area (Å²) in [6.45, 7) is 3.55. The fourth-order valence-corrected chi connectivity index (χ4v) is 1.31. The Kier molecular flexibility index (Phi) is 4.36. The Bertz CT molecular complexity index is 271. The molecule has 2 atom stereocenters. The van der Waals surface area contributed by atoms with Crippen LogP contribution in [-0.4, -0.2) is 17.3 Å². The topological polar surface area (TPSA) is 46.2 Å². The van der Waals surface area contributed by atoms with E-state index < -0.39 is 6.10 Å². The zero-order chi connectivity index (χ0) is 10.4. The molecule has 0 bridgehead atoms. The van der Waals surface area contributed by atoms with E-state index in [2.05, 4.69) is 6.58 Å². The molecule has 0 radical (unpaired) electrons. The first-order chi connectivity index (χ1) is 6.74. The van der Waals surface area contributed by atoms with Crippen LogP contribution in [-0.2, 0) is 6.42 Å². The molecule has 0 saturated heterocycles. The van der Waals surface area contributed by atoms with Crippen LogP contribution in [0.1, 0.15) is 12.0 Å². The molecular weight excluding hydrogens is 174 g/mol. The first-order valence-electron chi connectivity index (χ1n) is 4.84. The molecule has 0 fully saturated rings. The highest BCUT2D eigenvalue weighted by molar-refractivity contribution is 5.14. The van der Waals surface area contributed by atoms with Crippen molar-refractivity contribution in [3.63, 3.8) is 0 Å². The van der Waals surface area contributed by atoms with E-state index in [0.29, 0.717) is 6.42 Å². The van der Waals surface area contributed by atoms with Crippen LogP contribution in [0.15, 0.2) is 43.0 Å². The van der Waals surface area contributed by atoms with E-state index in [9.17, 15) is 5.11 Å². The zero-order valence-electron chi connectivity index (χ0n) is 8.26. The fraction of sp³-hybridized carbons (Fsp3) is 0.333. The predicted octanol–water partition coefficient (Wildman–Crippen LogP) is 1.49. The number of nitrogens with two attached hydrogens (primary N) is 1. The number of aliphatic hydroxyl groups excluding tert-OH is 1. The number of hydrogen-bond acceptors (Lipinski definition) is 2. The molecule has 2 heteroatoms. The van der Waals surface area contributed by atoms with Gasteiger partial charge in [0.1, 0.15) is 0 Å². The Morgan fingerprint density at radius 2 is 2.00 bits per heavy atom. The van der Waals surface area contributed by atoms with Gasteiger partial charge in [0, 0.05) is 6.04 Å². The molecule has 0 aliphatic heterocycles. The second-order valence-corrected chi connectivity index (χ2v) is 3.40. The maximum atomic E-state index is 9.58. The Hall–Kier alpha value is -1.12. The van der Waals surface area contributed by atoms with E-state index in [4.69, 9.17) is 5.73 Å². The molecular formula is C12H17NO. The third kappa shape index (κ3) is 3.32. The number of aryl methyl sites for hydroxylation is 1. The van der Waals surface area contributed by atoms with Gasteiger partial charge in [-0.2, -0.15) is 0 Å². The summed E-state index contributed by atoms with van der Waals surface area (Å²) in [4.78, 5) is 0. The summed E-state index contributed by atoms with van der Waals surface area (Å²) in [7, 11) is 0. The van der Waals surface area contributed by atoms with Crippen LogP contribution < -0.4 is 5.73 Å². The normalized spacial score (nSPS) is 14.7. The van der Waals surface area contributed by atoms with Crippen LogP contribution in [0, 0.1) is 0 Å². The molecule has 1 aromatic rings. The quantitative estimate of drug-likeness (QED) is 0.693. The minimum absolute atomic E-state index is 0.321. The van der Waals surface area contributed by atoms with Crippen LogP contribution in [0.4, 0.5) is 0 Å². The monoisotopic (exact) mass is 191 g/mol. The van der Waals surface area contributed by atoms with Crippen LogP contribution in [0.3, 0.4) is 0 Å². The standard InChI is InChI=1S/C12H17NO/c1-2-11(13)12(14)9-8-10-6-4-3-5-7-10/h2-7,11-12,14H,1,8-9,13H2/t11?,12-/m0/s1. The summed E-state index contributed by atoms with van der Waals surface area (Å²) >= 11 is 0. The van der Waals surface area contributed by atoms with Crippen LogP contribution in [0.25, 0.3) is 0 Å². The van der Waals surface area contributed by atoms with E-state index in [0.717, 1.165) is 6.42 Å². The minimum Gasteiger partial charge on any atom is -0.391 e. The van der Waals surface area contributed by atoms with Crippen molar-refractivity contribution in [2.24, 2.45) is 5.73 Å². The van der Waals surface area contributed by atoms with Crippen molar-refractivity contribution in [3.8, 4) is 0 Å². The largest absolute Gasteiger partial charge is 0.391 e. The van der Waals surface area contributed by atoms with Crippen LogP contribution in [0.2, 0.25) is 0 Å². The van der Waals surface area contributed by atoms with E-state index in [-0.39, 0.29) is 6.04 Å². The van der Waals surface area contributed by atoms with Gasteiger partial charge in [-0.15, -0.1) is 6.58 Å². The first-order valence-corrected chi connectivity index (χ1v) is 4.84. The van der Waals surface area contributed by atoms with E-state index in [1.165, 1.54) is 5.56 Å². The Morgan fingerprint density at radius 1 is 1.36 bits per heavy atom. The summed E-state index contributed by atoms with van der Waals surface area (Å²) < 4.78 is 0. The summed E-state index contributed by atoms with van der Waals surface area (Å²) in [6.07, 6.45) is 2.61. The van der Waals surface area contributed by atoms with Gasteiger partial charge in [0.2, 0.25) is 0 Å². The molecule has 1 rings (SSSR count). The van der Waals surface area contributed by atoms with Gasteiger partial charge in [0.15, 0.2) is 0 Å². The molecule has 0 aromatic heterocycles. The van der Waals surface area contributed by atoms with E-state index in [1.807, 2.05) is 30.3 Å². The van der Waals surface area contributed by atoms with Gasteiger partial charge < -0.3 is 10.8 Å². The maximum absolute atomic E-state index is 9.58. The lowest BCUT2D eigenvalue weighted by Gasteiger charge is -2.14. The zero-order valence-corrected chi connectivity index (χ0v) is 8.26. The van der Waals surface area contributed by atoms with Crippen molar-refractivity contribution in [3.05, 3.63) is 48.6 Å². The second-order valence-electron chi connectivity index (χ2n) is 3.40. The third-order valence-corrected chi connectivity index (χ3v) is 2.29. The average molecular weight is 191 g/mol. The lowest BCUT2D eigenvalue weighted by molar-refractivity contribution is 0.151. The van der Waals surface area contributed by atoms with Gasteiger partial charge in [-0.1, -0.05) is 36.4 Å². The highest BCUT2D eigenvalue weighted by Gasteiger charge is 2.10. The number of benzene rings is 1. The van der Waals surface area contributed by atoms with Gasteiger partial charge in [0.05, 0.1) is 6.10 Å². The molecule has 0 spiro atoms. The van der Waals surface area contributed by atoms with Gasteiger partial charge in [-0.3, -0.25) is 0 Å². The molecule has 0 saturated carbocycles. The van der Waals surface area contributed by atoms with Crippen molar-refractivity contribution < 1.29 is 5.11 Å². The van der Waals surface area contributed by atoms with Gasteiger partial charge in [-0.05, 0) is 18.4 Å². The van der Waals surface area contributed by atoms with E-state index in [1.54, 1.807) is 6.08 Å². The lowest BCUT2D eigenvalue weighted by Crippen LogP contribution is -2.32. The highest BCUT2D eigenvalue weighted by atomic mass is 16.3.